The van der Waals surface area contributed by atoms with Crippen LogP contribution >= 0.6 is 0 Å². The highest BCUT2D eigenvalue weighted by atomic mass is 19.4. The topological polar surface area (TPSA) is 49.9 Å². The number of hydrogen-bond acceptors (Lipinski definition) is 3. The van der Waals surface area contributed by atoms with Crippen molar-refractivity contribution in [1.29, 1.82) is 0 Å². The van der Waals surface area contributed by atoms with Gasteiger partial charge in [-0.2, -0.15) is 26.3 Å². The van der Waals surface area contributed by atoms with Gasteiger partial charge < -0.3 is 9.64 Å². The summed E-state index contributed by atoms with van der Waals surface area (Å²) in [4.78, 5) is 23.1. The van der Waals surface area contributed by atoms with E-state index in [1.807, 2.05) is 0 Å². The van der Waals surface area contributed by atoms with E-state index in [0.717, 1.165) is 4.90 Å². The normalized spacial score (nSPS) is 12.0. The summed E-state index contributed by atoms with van der Waals surface area (Å²) in [6, 6.07) is 0. The van der Waals surface area contributed by atoms with E-state index in [0.29, 0.717) is 0 Å². The number of ether oxygens (including phenoxy) is 1. The molecule has 2 amide bonds. The van der Waals surface area contributed by atoms with E-state index in [1.165, 1.54) is 14.1 Å². The number of likely N-dealkylation sites (N-methyl/N-ethyl adjacent to an activating group) is 1. The third-order valence-electron chi connectivity index (χ3n) is 1.81. The molecule has 0 spiro atoms. The number of halogens is 6. The van der Waals surface area contributed by atoms with Crippen LogP contribution in [0.1, 0.15) is 0 Å². The number of hydrogen-bond donors (Lipinski definition) is 0. The lowest BCUT2D eigenvalue weighted by Gasteiger charge is -2.24. The highest BCUT2D eigenvalue weighted by molar-refractivity contribution is 5.82. The summed E-state index contributed by atoms with van der Waals surface area (Å²) in [6.07, 6.45) is -11.6. The summed E-state index contributed by atoms with van der Waals surface area (Å²) in [5, 5.41) is 0. The van der Waals surface area contributed by atoms with Crippen LogP contribution < -0.4 is 0 Å². The number of amides is 2. The number of carbonyl (C=O) groups excluding carboxylic acids is 2. The minimum atomic E-state index is -4.87. The van der Waals surface area contributed by atoms with Crippen molar-refractivity contribution in [2.24, 2.45) is 0 Å². The maximum atomic E-state index is 12.2. The Balaban J connectivity index is 4.75. The smallest absolute Gasteiger partial charge is 0.422 e. The Morgan fingerprint density at radius 3 is 1.85 bits per heavy atom. The molecule has 0 aromatic rings. The number of nitrogens with zero attached hydrogens (tertiary/aromatic N) is 2. The number of rotatable bonds is 4. The van der Waals surface area contributed by atoms with Crippen LogP contribution in [0.3, 0.4) is 0 Å². The third kappa shape index (κ3) is 8.43. The first-order valence-corrected chi connectivity index (χ1v) is 5.07. The van der Waals surface area contributed by atoms with Gasteiger partial charge in [0.1, 0.15) is 13.1 Å². The molecule has 0 saturated carbocycles. The molecule has 118 valence electrons. The Kier molecular flexibility index (Phi) is 6.10. The summed E-state index contributed by atoms with van der Waals surface area (Å²) in [5.41, 5.74) is 0. The van der Waals surface area contributed by atoms with Crippen molar-refractivity contribution < 1.29 is 40.7 Å². The largest absolute Gasteiger partial charge is 0.440 e. The van der Waals surface area contributed by atoms with Crippen molar-refractivity contribution >= 4 is 12.0 Å². The molecule has 0 aliphatic rings. The molecule has 0 heterocycles. The van der Waals surface area contributed by atoms with Gasteiger partial charge >= 0.3 is 18.4 Å². The van der Waals surface area contributed by atoms with Crippen molar-refractivity contribution in [2.45, 2.75) is 12.4 Å². The van der Waals surface area contributed by atoms with Crippen molar-refractivity contribution in [2.75, 3.05) is 33.8 Å². The average Bonchev–Trinajstić information content (AvgIpc) is 2.21. The molecule has 0 atom stereocenters. The first kappa shape index (κ1) is 18.3. The SMILES string of the molecule is CN(C)C(=O)CN(CC(F)(F)F)C(=O)OCC(F)(F)F. The van der Waals surface area contributed by atoms with Crippen LogP contribution in [0.15, 0.2) is 0 Å². The van der Waals surface area contributed by atoms with Gasteiger partial charge in [0, 0.05) is 14.1 Å². The summed E-state index contributed by atoms with van der Waals surface area (Å²) in [6.45, 7) is -4.96. The molecule has 20 heavy (non-hydrogen) atoms. The quantitative estimate of drug-likeness (QED) is 0.742. The maximum absolute atomic E-state index is 12.2. The second-order valence-corrected chi connectivity index (χ2v) is 3.93. The molecule has 0 saturated heterocycles. The molecule has 0 aromatic heterocycles. The molecule has 0 rings (SSSR count). The predicted molar refractivity (Wildman–Crippen MR) is 53.7 cm³/mol. The highest BCUT2D eigenvalue weighted by Gasteiger charge is 2.37. The summed E-state index contributed by atoms with van der Waals surface area (Å²) >= 11 is 0. The Morgan fingerprint density at radius 2 is 1.50 bits per heavy atom. The van der Waals surface area contributed by atoms with E-state index < -0.39 is 44.0 Å². The molecule has 0 N–H and O–H groups in total. The monoisotopic (exact) mass is 310 g/mol. The van der Waals surface area contributed by atoms with Crippen LogP contribution in [0.4, 0.5) is 31.1 Å². The Bertz CT molecular complexity index is 353. The van der Waals surface area contributed by atoms with Crippen LogP contribution in [-0.2, 0) is 9.53 Å². The van der Waals surface area contributed by atoms with Gasteiger partial charge in [-0.25, -0.2) is 4.79 Å². The van der Waals surface area contributed by atoms with Crippen molar-refractivity contribution in [3.8, 4) is 0 Å². The lowest BCUT2D eigenvalue weighted by Crippen LogP contribution is -2.45. The van der Waals surface area contributed by atoms with Crippen LogP contribution in [0.25, 0.3) is 0 Å². The number of carbonyl (C=O) groups is 2. The summed E-state index contributed by atoms with van der Waals surface area (Å²) < 4.78 is 75.7. The van der Waals surface area contributed by atoms with Gasteiger partial charge in [-0.05, 0) is 0 Å². The first-order chi connectivity index (χ1) is 8.82. The molecule has 0 aliphatic heterocycles. The molecule has 0 aliphatic carbocycles. The molecule has 0 bridgehead atoms. The molecule has 5 nitrogen and oxygen atoms in total. The second kappa shape index (κ2) is 6.66. The Morgan fingerprint density at radius 1 is 1.00 bits per heavy atom. The van der Waals surface area contributed by atoms with Gasteiger partial charge in [0.25, 0.3) is 0 Å². The fourth-order valence-electron chi connectivity index (χ4n) is 0.941. The van der Waals surface area contributed by atoms with Gasteiger partial charge in [0.05, 0.1) is 0 Å². The van der Waals surface area contributed by atoms with E-state index in [1.54, 1.807) is 0 Å². The van der Waals surface area contributed by atoms with E-state index >= 15 is 0 Å². The lowest BCUT2D eigenvalue weighted by molar-refractivity contribution is -0.168. The standard InChI is InChI=1S/C9H12F6N2O3/c1-16(2)6(18)3-17(4-8(10,11)12)7(19)20-5-9(13,14)15/h3-5H2,1-2H3. The molecule has 0 fully saturated rings. The van der Waals surface area contributed by atoms with Crippen LogP contribution in [-0.4, -0.2) is 67.9 Å². The van der Waals surface area contributed by atoms with E-state index in [-0.39, 0.29) is 4.90 Å². The summed E-state index contributed by atoms with van der Waals surface area (Å²) in [7, 11) is 2.43. The second-order valence-electron chi connectivity index (χ2n) is 3.93. The summed E-state index contributed by atoms with van der Waals surface area (Å²) in [5.74, 6) is -0.891. The van der Waals surface area contributed by atoms with Crippen molar-refractivity contribution in [3.05, 3.63) is 0 Å². The molecule has 0 unspecified atom stereocenters. The van der Waals surface area contributed by atoms with E-state index in [9.17, 15) is 35.9 Å². The fraction of sp³-hybridized carbons (Fsp3) is 0.778. The average molecular weight is 310 g/mol. The molecular formula is C9H12F6N2O3. The Labute approximate surface area is 110 Å². The number of alkyl halides is 6. The van der Waals surface area contributed by atoms with Crippen molar-refractivity contribution in [3.63, 3.8) is 0 Å². The zero-order chi connectivity index (χ0) is 16.1. The van der Waals surface area contributed by atoms with Crippen molar-refractivity contribution in [1.82, 2.24) is 9.80 Å². The van der Waals surface area contributed by atoms with Crippen LogP contribution in [0.2, 0.25) is 0 Å². The maximum Gasteiger partial charge on any atom is 0.422 e. The van der Waals surface area contributed by atoms with Gasteiger partial charge in [0.15, 0.2) is 6.61 Å². The minimum Gasteiger partial charge on any atom is -0.440 e. The molecule has 0 aromatic carbocycles. The van der Waals surface area contributed by atoms with Crippen LogP contribution in [0, 0.1) is 0 Å². The van der Waals surface area contributed by atoms with Gasteiger partial charge in [-0.15, -0.1) is 0 Å². The zero-order valence-corrected chi connectivity index (χ0v) is 10.5. The van der Waals surface area contributed by atoms with Gasteiger partial charge in [0.2, 0.25) is 5.91 Å². The van der Waals surface area contributed by atoms with E-state index in [2.05, 4.69) is 4.74 Å². The van der Waals surface area contributed by atoms with E-state index in [4.69, 9.17) is 0 Å². The zero-order valence-electron chi connectivity index (χ0n) is 10.5. The molecular weight excluding hydrogens is 298 g/mol. The Hall–Kier alpha value is -1.68. The third-order valence-corrected chi connectivity index (χ3v) is 1.81. The minimum absolute atomic E-state index is 0.145. The highest BCUT2D eigenvalue weighted by Crippen LogP contribution is 2.19. The lowest BCUT2D eigenvalue weighted by atomic mass is 10.4. The van der Waals surface area contributed by atoms with Gasteiger partial charge in [-0.3, -0.25) is 9.69 Å². The fourth-order valence-corrected chi connectivity index (χ4v) is 0.941. The first-order valence-electron chi connectivity index (χ1n) is 5.07. The molecule has 11 heteroatoms. The predicted octanol–water partition coefficient (Wildman–Crippen LogP) is 1.64. The van der Waals surface area contributed by atoms with Crippen LogP contribution in [0.5, 0.6) is 0 Å². The van der Waals surface area contributed by atoms with Gasteiger partial charge in [-0.1, -0.05) is 0 Å². The molecule has 0 radical (unpaired) electrons.